The molecule has 1 heterocycles. The SMILES string of the molecule is CC/C=C/C/C=C/C/C=C/C/C=C/C/C=C/C/C=C/CCC(=O)OCC1COP(=O)([O-])O1.[Na+]. The molecule has 0 spiro atoms. The molecule has 0 saturated carbocycles. The molecule has 2 unspecified atom stereocenters. The Bertz CT molecular complexity index is 739. The maximum atomic E-state index is 11.6. The summed E-state index contributed by atoms with van der Waals surface area (Å²) in [7, 11) is -4.19. The Hall–Kier alpha value is -0.980. The average Bonchev–Trinajstić information content (AvgIpc) is 3.12. The van der Waals surface area contributed by atoms with Crippen molar-refractivity contribution < 1.29 is 57.6 Å². The van der Waals surface area contributed by atoms with Crippen LogP contribution in [0.4, 0.5) is 0 Å². The predicted octanol–water partition coefficient (Wildman–Crippen LogP) is 2.90. The fourth-order valence-corrected chi connectivity index (χ4v) is 3.49. The van der Waals surface area contributed by atoms with Crippen LogP contribution in [-0.2, 0) is 23.1 Å². The fourth-order valence-electron chi connectivity index (χ4n) is 2.60. The van der Waals surface area contributed by atoms with Gasteiger partial charge in [0, 0.05) is 6.42 Å². The number of carbonyl (C=O) groups excluding carboxylic acids is 1. The van der Waals surface area contributed by atoms with Crippen LogP contribution in [0.25, 0.3) is 0 Å². The maximum Gasteiger partial charge on any atom is 1.00 e. The van der Waals surface area contributed by atoms with Crippen molar-refractivity contribution >= 4 is 13.8 Å². The Morgan fingerprint density at radius 2 is 1.33 bits per heavy atom. The van der Waals surface area contributed by atoms with Gasteiger partial charge in [-0.3, -0.25) is 9.36 Å². The van der Waals surface area contributed by atoms with E-state index in [1.165, 1.54) is 0 Å². The Balaban J connectivity index is 0.0000102. The number of rotatable bonds is 16. The van der Waals surface area contributed by atoms with Crippen LogP contribution in [0, 0.1) is 0 Å². The second-order valence-corrected chi connectivity index (χ2v) is 8.47. The number of carbonyl (C=O) groups is 1. The summed E-state index contributed by atoms with van der Waals surface area (Å²) in [5, 5.41) is 0. The summed E-state index contributed by atoms with van der Waals surface area (Å²) in [6.07, 6.45) is 31.4. The van der Waals surface area contributed by atoms with Crippen molar-refractivity contribution in [1.29, 1.82) is 0 Å². The summed E-state index contributed by atoms with van der Waals surface area (Å²) in [5.74, 6) is -0.388. The van der Waals surface area contributed by atoms with Gasteiger partial charge in [-0.2, -0.15) is 0 Å². The summed E-state index contributed by atoms with van der Waals surface area (Å²) < 4.78 is 25.0. The third-order valence-electron chi connectivity index (χ3n) is 4.24. The molecule has 2 atom stereocenters. The minimum absolute atomic E-state index is 0. The van der Waals surface area contributed by atoms with Crippen molar-refractivity contribution in [3.05, 3.63) is 72.9 Å². The van der Waals surface area contributed by atoms with Crippen LogP contribution in [0.3, 0.4) is 0 Å². The largest absolute Gasteiger partial charge is 1.00 e. The Kier molecular flexibility index (Phi) is 20.9. The van der Waals surface area contributed by atoms with Crippen molar-refractivity contribution in [2.75, 3.05) is 13.2 Å². The van der Waals surface area contributed by atoms with Gasteiger partial charge in [-0.25, -0.2) is 0 Å². The van der Waals surface area contributed by atoms with Crippen LogP contribution in [0.15, 0.2) is 72.9 Å². The monoisotopic (exact) mass is 486 g/mol. The van der Waals surface area contributed by atoms with Crippen molar-refractivity contribution in [2.45, 2.75) is 64.4 Å². The van der Waals surface area contributed by atoms with E-state index in [0.29, 0.717) is 6.42 Å². The van der Waals surface area contributed by atoms with E-state index in [-0.39, 0.29) is 55.2 Å². The summed E-state index contributed by atoms with van der Waals surface area (Å²) >= 11 is 0. The number of hydrogen-bond acceptors (Lipinski definition) is 6. The molecule has 8 heteroatoms. The Labute approximate surface area is 221 Å². The van der Waals surface area contributed by atoms with E-state index in [1.54, 1.807) is 0 Å². The molecule has 1 saturated heterocycles. The molecular formula is C25H36NaO6P. The molecule has 0 amide bonds. The molecule has 0 aromatic carbocycles. The normalized spacial score (nSPS) is 21.5. The van der Waals surface area contributed by atoms with Gasteiger partial charge in [0.1, 0.15) is 12.7 Å². The molecule has 1 fully saturated rings. The van der Waals surface area contributed by atoms with E-state index in [4.69, 9.17) is 4.74 Å². The summed E-state index contributed by atoms with van der Waals surface area (Å²) in [6, 6.07) is 0. The molecule has 0 aliphatic carbocycles. The van der Waals surface area contributed by atoms with Gasteiger partial charge in [-0.15, -0.1) is 0 Å². The topological polar surface area (TPSA) is 84.9 Å². The number of phosphoric acid groups is 1. The molecule has 178 valence electrons. The number of hydrogen-bond donors (Lipinski definition) is 0. The minimum atomic E-state index is -4.19. The van der Waals surface area contributed by atoms with E-state index < -0.39 is 13.9 Å². The van der Waals surface area contributed by atoms with Gasteiger partial charge in [0.25, 0.3) is 7.82 Å². The van der Waals surface area contributed by atoms with Gasteiger partial charge in [0.15, 0.2) is 0 Å². The van der Waals surface area contributed by atoms with E-state index in [0.717, 1.165) is 38.5 Å². The van der Waals surface area contributed by atoms with Crippen molar-refractivity contribution in [2.24, 2.45) is 0 Å². The summed E-state index contributed by atoms with van der Waals surface area (Å²) in [6.45, 7) is 1.91. The Morgan fingerprint density at radius 1 is 0.879 bits per heavy atom. The summed E-state index contributed by atoms with van der Waals surface area (Å²) in [4.78, 5) is 22.6. The second kappa shape index (κ2) is 21.5. The molecule has 0 N–H and O–H groups in total. The maximum absolute atomic E-state index is 11.6. The van der Waals surface area contributed by atoms with Crippen molar-refractivity contribution in [1.82, 2.24) is 0 Å². The number of ether oxygens (including phenoxy) is 1. The molecular weight excluding hydrogens is 450 g/mol. The zero-order valence-electron chi connectivity index (χ0n) is 20.0. The first kappa shape index (κ1) is 32.0. The van der Waals surface area contributed by atoms with Crippen LogP contribution in [0.1, 0.15) is 58.3 Å². The van der Waals surface area contributed by atoms with Gasteiger partial charge in [0.2, 0.25) is 0 Å². The molecule has 0 bridgehead atoms. The molecule has 0 aromatic rings. The van der Waals surface area contributed by atoms with E-state index in [2.05, 4.69) is 76.7 Å². The fraction of sp³-hybridized carbons (Fsp3) is 0.480. The van der Waals surface area contributed by atoms with Crippen molar-refractivity contribution in [3.63, 3.8) is 0 Å². The van der Waals surface area contributed by atoms with E-state index in [1.807, 2.05) is 12.2 Å². The standard InChI is InChI=1S/C25H37O6P.Na/c1-2-3-4-5-6-7-8-9-10-11-12-13-14-15-16-17-18-19-20-21-25(26)29-22-24-23-30-32(27,28)31-24;/h3-4,6-7,9-10,12-13,15-16,18-19,24H,2,5,8,11,14,17,20-23H2,1H3,(H,27,28);/q;+1/p-1/b4-3+,7-6+,10-9+,13-12+,16-15+,19-18+;. The predicted molar refractivity (Wildman–Crippen MR) is 127 cm³/mol. The van der Waals surface area contributed by atoms with Crippen LogP contribution >= 0.6 is 7.82 Å². The van der Waals surface area contributed by atoms with Gasteiger partial charge in [-0.1, -0.05) is 79.8 Å². The molecule has 1 aliphatic heterocycles. The zero-order valence-corrected chi connectivity index (χ0v) is 22.9. The quantitative estimate of drug-likeness (QED) is 0.144. The van der Waals surface area contributed by atoms with E-state index in [9.17, 15) is 14.3 Å². The molecule has 33 heavy (non-hydrogen) atoms. The second-order valence-electron chi connectivity index (χ2n) is 7.11. The molecule has 1 aliphatic rings. The third-order valence-corrected chi connectivity index (χ3v) is 5.26. The number of esters is 1. The van der Waals surface area contributed by atoms with Crippen molar-refractivity contribution in [3.8, 4) is 0 Å². The first-order valence-electron chi connectivity index (χ1n) is 11.2. The third kappa shape index (κ3) is 20.1. The first-order valence-corrected chi connectivity index (χ1v) is 12.7. The van der Waals surface area contributed by atoms with Crippen LogP contribution in [0.2, 0.25) is 0 Å². The smallest absolute Gasteiger partial charge is 0.756 e. The van der Waals surface area contributed by atoms with Gasteiger partial charge >= 0.3 is 35.5 Å². The van der Waals surface area contributed by atoms with Crippen LogP contribution < -0.4 is 34.5 Å². The molecule has 1 rings (SSSR count). The molecule has 6 nitrogen and oxygen atoms in total. The summed E-state index contributed by atoms with van der Waals surface area (Å²) in [5.41, 5.74) is 0. The molecule has 0 aromatic heterocycles. The van der Waals surface area contributed by atoms with Crippen LogP contribution in [-0.4, -0.2) is 25.3 Å². The average molecular weight is 487 g/mol. The zero-order chi connectivity index (χ0) is 23.3. The molecule has 0 radical (unpaired) electrons. The van der Waals surface area contributed by atoms with Crippen LogP contribution in [0.5, 0.6) is 0 Å². The van der Waals surface area contributed by atoms with Gasteiger partial charge < -0.3 is 18.7 Å². The van der Waals surface area contributed by atoms with E-state index >= 15 is 0 Å². The van der Waals surface area contributed by atoms with Gasteiger partial charge in [-0.05, 0) is 44.9 Å². The first-order chi connectivity index (χ1) is 15.5. The minimum Gasteiger partial charge on any atom is -0.756 e. The number of allylic oxidation sites excluding steroid dienone is 12. The van der Waals surface area contributed by atoms with Gasteiger partial charge in [0.05, 0.1) is 6.61 Å². The number of phosphoric ester groups is 1. The Morgan fingerprint density at radius 3 is 1.76 bits per heavy atom.